The van der Waals surface area contributed by atoms with Crippen LogP contribution in [0, 0.1) is 0 Å². The van der Waals surface area contributed by atoms with Crippen LogP contribution in [0.1, 0.15) is 56.4 Å². The molecule has 98 valence electrons. The summed E-state index contributed by atoms with van der Waals surface area (Å²) in [5, 5.41) is 3.43. The quantitative estimate of drug-likeness (QED) is 0.859. The first-order chi connectivity index (χ1) is 8.81. The minimum absolute atomic E-state index is 0.393. The Labute approximate surface area is 108 Å². The molecule has 2 aliphatic rings. The van der Waals surface area contributed by atoms with Gasteiger partial charge in [-0.05, 0) is 50.0 Å². The van der Waals surface area contributed by atoms with E-state index in [9.17, 15) is 0 Å². The second kappa shape index (κ2) is 5.22. The molecule has 0 aromatic carbocycles. The molecule has 3 rings (SSSR count). The zero-order valence-electron chi connectivity index (χ0n) is 10.8. The van der Waals surface area contributed by atoms with E-state index in [0.29, 0.717) is 18.0 Å². The van der Waals surface area contributed by atoms with Crippen molar-refractivity contribution in [1.82, 2.24) is 9.97 Å². The van der Waals surface area contributed by atoms with E-state index in [1.807, 2.05) is 12.4 Å². The van der Waals surface area contributed by atoms with Gasteiger partial charge in [-0.25, -0.2) is 9.97 Å². The summed E-state index contributed by atoms with van der Waals surface area (Å²) in [5.74, 6) is 1.49. The molecule has 0 radical (unpaired) electrons. The summed E-state index contributed by atoms with van der Waals surface area (Å²) >= 11 is 0. The van der Waals surface area contributed by atoms with Gasteiger partial charge in [-0.2, -0.15) is 0 Å². The molecule has 1 heterocycles. The van der Waals surface area contributed by atoms with E-state index in [1.54, 1.807) is 0 Å². The molecule has 0 atom stereocenters. The van der Waals surface area contributed by atoms with Gasteiger partial charge in [-0.15, -0.1) is 0 Å². The van der Waals surface area contributed by atoms with Gasteiger partial charge in [0.2, 0.25) is 5.95 Å². The van der Waals surface area contributed by atoms with Gasteiger partial charge in [0, 0.05) is 24.5 Å². The fraction of sp³-hybridized carbons (Fsp3) is 0.714. The third-order valence-corrected chi connectivity index (χ3v) is 4.35. The highest BCUT2D eigenvalue weighted by Crippen LogP contribution is 2.35. The summed E-state index contributed by atoms with van der Waals surface area (Å²) in [5.41, 5.74) is 7.21. The second-order valence-corrected chi connectivity index (χ2v) is 5.72. The standard InChI is InChI=1S/C14H22N4/c15-12-4-6-13(7-5-12)18-14-16-8-11(9-17-14)10-2-1-3-10/h8-10,12-13H,1-7,15H2,(H,16,17,18). The first-order valence-corrected chi connectivity index (χ1v) is 7.15. The van der Waals surface area contributed by atoms with Gasteiger partial charge in [0.25, 0.3) is 0 Å². The van der Waals surface area contributed by atoms with Crippen LogP contribution in [0.15, 0.2) is 12.4 Å². The summed E-state index contributed by atoms with van der Waals surface area (Å²) in [6, 6.07) is 0.893. The molecule has 18 heavy (non-hydrogen) atoms. The predicted octanol–water partition coefficient (Wildman–Crippen LogP) is 2.43. The lowest BCUT2D eigenvalue weighted by Gasteiger charge is -2.27. The third kappa shape index (κ3) is 2.64. The monoisotopic (exact) mass is 246 g/mol. The van der Waals surface area contributed by atoms with Crippen molar-refractivity contribution in [3.8, 4) is 0 Å². The molecule has 0 spiro atoms. The summed E-state index contributed by atoms with van der Waals surface area (Å²) in [6.07, 6.45) is 12.4. The Morgan fingerprint density at radius 2 is 1.67 bits per heavy atom. The number of rotatable bonds is 3. The van der Waals surface area contributed by atoms with Gasteiger partial charge in [0.15, 0.2) is 0 Å². The van der Waals surface area contributed by atoms with E-state index in [-0.39, 0.29) is 0 Å². The zero-order valence-corrected chi connectivity index (χ0v) is 10.8. The van der Waals surface area contributed by atoms with Crippen LogP contribution < -0.4 is 11.1 Å². The maximum absolute atomic E-state index is 5.91. The minimum atomic E-state index is 0.393. The number of nitrogens with zero attached hydrogens (tertiary/aromatic N) is 2. The number of aromatic nitrogens is 2. The first-order valence-electron chi connectivity index (χ1n) is 7.15. The van der Waals surface area contributed by atoms with Gasteiger partial charge in [0.05, 0.1) is 0 Å². The lowest BCUT2D eigenvalue weighted by molar-refractivity contribution is 0.409. The summed E-state index contributed by atoms with van der Waals surface area (Å²) in [7, 11) is 0. The molecule has 0 amide bonds. The van der Waals surface area contributed by atoms with Crippen molar-refractivity contribution in [1.29, 1.82) is 0 Å². The van der Waals surface area contributed by atoms with E-state index in [1.165, 1.54) is 24.8 Å². The van der Waals surface area contributed by atoms with Gasteiger partial charge in [-0.3, -0.25) is 0 Å². The van der Waals surface area contributed by atoms with Gasteiger partial charge in [-0.1, -0.05) is 6.42 Å². The van der Waals surface area contributed by atoms with Crippen LogP contribution >= 0.6 is 0 Å². The topological polar surface area (TPSA) is 63.8 Å². The lowest BCUT2D eigenvalue weighted by atomic mass is 9.81. The Bertz CT molecular complexity index is 377. The van der Waals surface area contributed by atoms with Gasteiger partial charge >= 0.3 is 0 Å². The van der Waals surface area contributed by atoms with Crippen LogP contribution in [-0.4, -0.2) is 22.1 Å². The highest BCUT2D eigenvalue weighted by molar-refractivity contribution is 5.28. The lowest BCUT2D eigenvalue weighted by Crippen LogP contribution is -2.33. The van der Waals surface area contributed by atoms with Crippen LogP contribution in [0.5, 0.6) is 0 Å². The van der Waals surface area contributed by atoms with Crippen molar-refractivity contribution in [3.05, 3.63) is 18.0 Å². The fourth-order valence-corrected chi connectivity index (χ4v) is 2.81. The Balaban J connectivity index is 1.56. The molecule has 0 unspecified atom stereocenters. The maximum Gasteiger partial charge on any atom is 0.222 e. The largest absolute Gasteiger partial charge is 0.351 e. The number of nitrogens with one attached hydrogen (secondary N) is 1. The summed E-state index contributed by atoms with van der Waals surface area (Å²) in [6.45, 7) is 0. The summed E-state index contributed by atoms with van der Waals surface area (Å²) < 4.78 is 0. The van der Waals surface area contributed by atoms with Crippen molar-refractivity contribution >= 4 is 5.95 Å². The Morgan fingerprint density at radius 3 is 2.22 bits per heavy atom. The molecule has 2 fully saturated rings. The number of anilines is 1. The van der Waals surface area contributed by atoms with Crippen molar-refractivity contribution < 1.29 is 0 Å². The van der Waals surface area contributed by atoms with Gasteiger partial charge < -0.3 is 11.1 Å². The highest BCUT2D eigenvalue weighted by Gasteiger charge is 2.21. The maximum atomic E-state index is 5.91. The number of nitrogens with two attached hydrogens (primary N) is 1. The van der Waals surface area contributed by atoms with Crippen LogP contribution in [0.4, 0.5) is 5.95 Å². The first kappa shape index (κ1) is 11.9. The van der Waals surface area contributed by atoms with Crippen LogP contribution in [0.3, 0.4) is 0 Å². The molecule has 0 aliphatic heterocycles. The normalized spacial score (nSPS) is 28.7. The Kier molecular flexibility index (Phi) is 3.46. The summed E-state index contributed by atoms with van der Waals surface area (Å²) in [4.78, 5) is 8.88. The molecular formula is C14H22N4. The molecule has 4 nitrogen and oxygen atoms in total. The molecular weight excluding hydrogens is 224 g/mol. The van der Waals surface area contributed by atoms with Crippen molar-refractivity contribution in [2.24, 2.45) is 5.73 Å². The molecule has 1 aromatic rings. The van der Waals surface area contributed by atoms with Crippen LogP contribution in [-0.2, 0) is 0 Å². The van der Waals surface area contributed by atoms with Crippen LogP contribution in [0.2, 0.25) is 0 Å². The minimum Gasteiger partial charge on any atom is -0.351 e. The third-order valence-electron chi connectivity index (χ3n) is 4.35. The zero-order chi connectivity index (χ0) is 12.4. The van der Waals surface area contributed by atoms with E-state index in [0.717, 1.165) is 31.6 Å². The average molecular weight is 246 g/mol. The van der Waals surface area contributed by atoms with E-state index in [2.05, 4.69) is 15.3 Å². The molecule has 0 saturated heterocycles. The molecule has 0 bridgehead atoms. The number of hydrogen-bond donors (Lipinski definition) is 2. The smallest absolute Gasteiger partial charge is 0.222 e. The average Bonchev–Trinajstić information content (AvgIpc) is 2.32. The van der Waals surface area contributed by atoms with E-state index in [4.69, 9.17) is 5.73 Å². The number of hydrogen-bond acceptors (Lipinski definition) is 4. The van der Waals surface area contributed by atoms with Crippen molar-refractivity contribution in [3.63, 3.8) is 0 Å². The fourth-order valence-electron chi connectivity index (χ4n) is 2.81. The highest BCUT2D eigenvalue weighted by atomic mass is 15.1. The SMILES string of the molecule is NC1CCC(Nc2ncc(C3CCC3)cn2)CC1. The Hall–Kier alpha value is -1.16. The molecule has 1 aromatic heterocycles. The van der Waals surface area contributed by atoms with Crippen molar-refractivity contribution in [2.75, 3.05) is 5.32 Å². The molecule has 3 N–H and O–H groups in total. The predicted molar refractivity (Wildman–Crippen MR) is 72.5 cm³/mol. The molecule has 4 heteroatoms. The van der Waals surface area contributed by atoms with Gasteiger partial charge in [0.1, 0.15) is 0 Å². The second-order valence-electron chi connectivity index (χ2n) is 5.72. The molecule has 2 aliphatic carbocycles. The Morgan fingerprint density at radius 1 is 1.00 bits per heavy atom. The van der Waals surface area contributed by atoms with E-state index < -0.39 is 0 Å². The van der Waals surface area contributed by atoms with Crippen molar-refractivity contribution in [2.45, 2.75) is 62.9 Å². The van der Waals surface area contributed by atoms with E-state index >= 15 is 0 Å². The van der Waals surface area contributed by atoms with Crippen LogP contribution in [0.25, 0.3) is 0 Å². The molecule has 2 saturated carbocycles.